The number of nitrogens with zero attached hydrogens (tertiary/aromatic N) is 2. The number of rotatable bonds is 5. The number of nitrogens with one attached hydrogen (secondary N) is 1. The predicted octanol–water partition coefficient (Wildman–Crippen LogP) is 1.94. The molecular weight excluding hydrogens is 222 g/mol. The van der Waals surface area contributed by atoms with E-state index in [1.807, 2.05) is 0 Å². The SMILES string of the molecule is O=[N+]([O-])c1cccc(OCCc2ncc[nH]2)c1. The highest BCUT2D eigenvalue weighted by Crippen LogP contribution is 2.18. The summed E-state index contributed by atoms with van der Waals surface area (Å²) in [6.07, 6.45) is 4.04. The molecule has 0 aliphatic carbocycles. The van der Waals surface area contributed by atoms with Crippen molar-refractivity contribution in [3.63, 3.8) is 0 Å². The van der Waals surface area contributed by atoms with Crippen LogP contribution in [0.3, 0.4) is 0 Å². The van der Waals surface area contributed by atoms with Crippen LogP contribution >= 0.6 is 0 Å². The smallest absolute Gasteiger partial charge is 0.273 e. The Kier molecular flexibility index (Phi) is 3.34. The standard InChI is InChI=1S/C11H11N3O3/c15-14(16)9-2-1-3-10(8-9)17-7-4-11-12-5-6-13-11/h1-3,5-6,8H,4,7H2,(H,12,13). The van der Waals surface area contributed by atoms with Gasteiger partial charge in [0.05, 0.1) is 17.6 Å². The van der Waals surface area contributed by atoms with Crippen LogP contribution in [0.4, 0.5) is 5.69 Å². The second-order valence-corrected chi connectivity index (χ2v) is 3.39. The van der Waals surface area contributed by atoms with E-state index in [2.05, 4.69) is 9.97 Å². The van der Waals surface area contributed by atoms with Gasteiger partial charge in [0.25, 0.3) is 5.69 Å². The fourth-order valence-corrected chi connectivity index (χ4v) is 1.39. The number of imidazole rings is 1. The predicted molar refractivity (Wildman–Crippen MR) is 60.9 cm³/mol. The Morgan fingerprint density at radius 2 is 2.35 bits per heavy atom. The van der Waals surface area contributed by atoms with Crippen molar-refractivity contribution in [3.8, 4) is 5.75 Å². The maximum atomic E-state index is 10.5. The molecule has 0 saturated carbocycles. The third-order valence-corrected chi connectivity index (χ3v) is 2.19. The highest BCUT2D eigenvalue weighted by molar-refractivity contribution is 5.37. The van der Waals surface area contributed by atoms with Crippen molar-refractivity contribution in [1.29, 1.82) is 0 Å². The first-order valence-electron chi connectivity index (χ1n) is 5.11. The zero-order valence-electron chi connectivity index (χ0n) is 9.00. The fourth-order valence-electron chi connectivity index (χ4n) is 1.39. The third kappa shape index (κ3) is 3.04. The molecule has 88 valence electrons. The van der Waals surface area contributed by atoms with E-state index in [9.17, 15) is 10.1 Å². The van der Waals surface area contributed by atoms with Gasteiger partial charge in [-0.2, -0.15) is 0 Å². The number of hydrogen-bond donors (Lipinski definition) is 1. The van der Waals surface area contributed by atoms with E-state index in [1.165, 1.54) is 12.1 Å². The molecule has 0 spiro atoms. The van der Waals surface area contributed by atoms with Gasteiger partial charge < -0.3 is 9.72 Å². The van der Waals surface area contributed by atoms with Crippen LogP contribution in [0, 0.1) is 10.1 Å². The normalized spacial score (nSPS) is 10.1. The van der Waals surface area contributed by atoms with Crippen molar-refractivity contribution in [2.24, 2.45) is 0 Å². The highest BCUT2D eigenvalue weighted by atomic mass is 16.6. The highest BCUT2D eigenvalue weighted by Gasteiger charge is 2.06. The van der Waals surface area contributed by atoms with E-state index in [4.69, 9.17) is 4.74 Å². The topological polar surface area (TPSA) is 81.1 Å². The number of ether oxygens (including phenoxy) is 1. The van der Waals surface area contributed by atoms with Gasteiger partial charge in [0.2, 0.25) is 0 Å². The molecule has 2 rings (SSSR count). The minimum Gasteiger partial charge on any atom is -0.493 e. The Bertz CT molecular complexity index is 496. The van der Waals surface area contributed by atoms with Gasteiger partial charge in [-0.25, -0.2) is 4.98 Å². The first kappa shape index (κ1) is 11.1. The Morgan fingerprint density at radius 1 is 1.47 bits per heavy atom. The molecule has 0 aliphatic heterocycles. The van der Waals surface area contributed by atoms with Gasteiger partial charge in [0.15, 0.2) is 0 Å². The van der Waals surface area contributed by atoms with Crippen LogP contribution in [0.5, 0.6) is 5.75 Å². The zero-order chi connectivity index (χ0) is 12.1. The molecule has 0 unspecified atom stereocenters. The molecule has 6 heteroatoms. The van der Waals surface area contributed by atoms with Gasteiger partial charge in [-0.15, -0.1) is 0 Å². The first-order valence-corrected chi connectivity index (χ1v) is 5.11. The minimum absolute atomic E-state index is 0.0282. The van der Waals surface area contributed by atoms with Gasteiger partial charge in [-0.3, -0.25) is 10.1 Å². The molecule has 1 heterocycles. The van der Waals surface area contributed by atoms with Crippen LogP contribution in [0.25, 0.3) is 0 Å². The molecule has 1 aromatic heterocycles. The molecule has 0 radical (unpaired) electrons. The number of benzene rings is 1. The maximum Gasteiger partial charge on any atom is 0.273 e. The number of nitro groups is 1. The minimum atomic E-state index is -0.445. The molecule has 0 bridgehead atoms. The van der Waals surface area contributed by atoms with Gasteiger partial charge in [0, 0.05) is 24.9 Å². The summed E-state index contributed by atoms with van der Waals surface area (Å²) in [6.45, 7) is 0.425. The molecule has 0 aliphatic rings. The number of aromatic amines is 1. The third-order valence-electron chi connectivity index (χ3n) is 2.19. The summed E-state index contributed by atoms with van der Waals surface area (Å²) >= 11 is 0. The number of non-ortho nitro benzene ring substituents is 1. The van der Waals surface area contributed by atoms with E-state index in [1.54, 1.807) is 24.5 Å². The van der Waals surface area contributed by atoms with Crippen LogP contribution in [0.1, 0.15) is 5.82 Å². The Hall–Kier alpha value is -2.37. The Morgan fingerprint density at radius 3 is 3.06 bits per heavy atom. The molecule has 2 aromatic rings. The summed E-state index contributed by atoms with van der Waals surface area (Å²) in [6, 6.07) is 6.12. The average Bonchev–Trinajstić information content (AvgIpc) is 2.82. The maximum absolute atomic E-state index is 10.5. The summed E-state index contributed by atoms with van der Waals surface area (Å²) in [5, 5.41) is 10.5. The molecule has 0 saturated heterocycles. The summed E-state index contributed by atoms with van der Waals surface area (Å²) in [5.41, 5.74) is 0.0282. The largest absolute Gasteiger partial charge is 0.493 e. The Balaban J connectivity index is 1.90. The van der Waals surface area contributed by atoms with E-state index < -0.39 is 4.92 Å². The van der Waals surface area contributed by atoms with E-state index in [-0.39, 0.29) is 5.69 Å². The average molecular weight is 233 g/mol. The van der Waals surface area contributed by atoms with Gasteiger partial charge >= 0.3 is 0 Å². The zero-order valence-corrected chi connectivity index (χ0v) is 9.00. The van der Waals surface area contributed by atoms with E-state index in [0.717, 1.165) is 5.82 Å². The first-order chi connectivity index (χ1) is 8.25. The van der Waals surface area contributed by atoms with Crippen molar-refractivity contribution >= 4 is 5.69 Å². The lowest BCUT2D eigenvalue weighted by atomic mass is 10.3. The summed E-state index contributed by atoms with van der Waals surface area (Å²) < 4.78 is 5.41. The molecule has 1 aromatic carbocycles. The van der Waals surface area contributed by atoms with Gasteiger partial charge in [-0.05, 0) is 6.07 Å². The second kappa shape index (κ2) is 5.11. The lowest BCUT2D eigenvalue weighted by Gasteiger charge is -2.04. The van der Waals surface area contributed by atoms with Crippen LogP contribution in [-0.4, -0.2) is 21.5 Å². The second-order valence-electron chi connectivity index (χ2n) is 3.39. The molecule has 0 atom stereocenters. The van der Waals surface area contributed by atoms with Crippen molar-refractivity contribution in [3.05, 3.63) is 52.6 Å². The molecule has 0 fully saturated rings. The summed E-state index contributed by atoms with van der Waals surface area (Å²) in [7, 11) is 0. The number of nitro benzene ring substituents is 1. The number of hydrogen-bond acceptors (Lipinski definition) is 4. The van der Waals surface area contributed by atoms with Crippen molar-refractivity contribution in [1.82, 2.24) is 9.97 Å². The fraction of sp³-hybridized carbons (Fsp3) is 0.182. The number of H-pyrrole nitrogens is 1. The quantitative estimate of drug-likeness (QED) is 0.632. The van der Waals surface area contributed by atoms with Gasteiger partial charge in [-0.1, -0.05) is 6.07 Å². The van der Waals surface area contributed by atoms with Crippen LogP contribution in [0.15, 0.2) is 36.7 Å². The van der Waals surface area contributed by atoms with Crippen molar-refractivity contribution in [2.75, 3.05) is 6.61 Å². The van der Waals surface area contributed by atoms with E-state index >= 15 is 0 Å². The van der Waals surface area contributed by atoms with Crippen LogP contribution in [0.2, 0.25) is 0 Å². The van der Waals surface area contributed by atoms with Crippen molar-refractivity contribution < 1.29 is 9.66 Å². The lowest BCUT2D eigenvalue weighted by Crippen LogP contribution is -2.02. The lowest BCUT2D eigenvalue weighted by molar-refractivity contribution is -0.384. The molecule has 6 nitrogen and oxygen atoms in total. The summed E-state index contributed by atoms with van der Waals surface area (Å²) in [4.78, 5) is 17.1. The van der Waals surface area contributed by atoms with Crippen LogP contribution < -0.4 is 4.74 Å². The Labute approximate surface area is 97.4 Å². The van der Waals surface area contributed by atoms with Crippen LogP contribution in [-0.2, 0) is 6.42 Å². The molecule has 0 amide bonds. The molecular formula is C11H11N3O3. The number of aromatic nitrogens is 2. The summed E-state index contributed by atoms with van der Waals surface area (Å²) in [5.74, 6) is 1.32. The van der Waals surface area contributed by atoms with Crippen molar-refractivity contribution in [2.45, 2.75) is 6.42 Å². The van der Waals surface area contributed by atoms with E-state index in [0.29, 0.717) is 18.8 Å². The molecule has 17 heavy (non-hydrogen) atoms. The molecule has 1 N–H and O–H groups in total. The monoisotopic (exact) mass is 233 g/mol. The van der Waals surface area contributed by atoms with Gasteiger partial charge in [0.1, 0.15) is 11.6 Å².